The van der Waals surface area contributed by atoms with Crippen molar-refractivity contribution in [3.8, 4) is 5.75 Å². The molecule has 0 spiro atoms. The Kier molecular flexibility index (Phi) is 7.11. The molecule has 1 aromatic heterocycles. The molecule has 0 atom stereocenters. The van der Waals surface area contributed by atoms with Crippen LogP contribution in [-0.4, -0.2) is 48.6 Å². The lowest BCUT2D eigenvalue weighted by molar-refractivity contribution is -0.119. The van der Waals surface area contributed by atoms with Crippen LogP contribution < -0.4 is 10.1 Å². The highest BCUT2D eigenvalue weighted by atomic mass is 35.5. The number of carbonyl (C=O) groups is 2. The lowest BCUT2D eigenvalue weighted by Gasteiger charge is -2.29. The summed E-state index contributed by atoms with van der Waals surface area (Å²) in [6, 6.07) is 12.4. The zero-order valence-electron chi connectivity index (χ0n) is 18.7. The Morgan fingerprint density at radius 3 is 2.82 bits per heavy atom. The van der Waals surface area contributed by atoms with Gasteiger partial charge in [0.25, 0.3) is 5.91 Å². The van der Waals surface area contributed by atoms with E-state index in [1.165, 1.54) is 7.11 Å². The minimum absolute atomic E-state index is 0.410. The van der Waals surface area contributed by atoms with Gasteiger partial charge in [0.15, 0.2) is 6.61 Å². The number of hydrogen-bond acceptors (Lipinski definition) is 6. The van der Waals surface area contributed by atoms with Crippen LogP contribution in [0.1, 0.15) is 35.0 Å². The lowest BCUT2D eigenvalue weighted by Crippen LogP contribution is -2.33. The van der Waals surface area contributed by atoms with Crippen LogP contribution in [0.4, 0.5) is 5.69 Å². The fraction of sp³-hybridized carbons (Fsp3) is 0.320. The molecule has 7 nitrogen and oxygen atoms in total. The van der Waals surface area contributed by atoms with Gasteiger partial charge >= 0.3 is 5.97 Å². The number of methoxy groups -OCH3 is 1. The largest absolute Gasteiger partial charge is 0.495 e. The van der Waals surface area contributed by atoms with E-state index in [0.29, 0.717) is 28.6 Å². The summed E-state index contributed by atoms with van der Waals surface area (Å²) in [4.78, 5) is 32.8. The molecule has 1 aliphatic heterocycles. The second-order valence-electron chi connectivity index (χ2n) is 7.92. The van der Waals surface area contributed by atoms with Crippen LogP contribution >= 0.6 is 11.6 Å². The quantitative estimate of drug-likeness (QED) is 0.517. The summed E-state index contributed by atoms with van der Waals surface area (Å²) < 4.78 is 10.7. The Labute approximate surface area is 197 Å². The van der Waals surface area contributed by atoms with Crippen molar-refractivity contribution in [1.82, 2.24) is 9.88 Å². The molecule has 2 aromatic carbocycles. The molecule has 0 saturated carbocycles. The Hall–Kier alpha value is -3.16. The predicted octanol–water partition coefficient (Wildman–Crippen LogP) is 4.46. The Morgan fingerprint density at radius 2 is 2.03 bits per heavy atom. The smallest absolute Gasteiger partial charge is 0.339 e. The molecule has 1 aliphatic rings. The number of para-hydroxylation sites is 1. The fourth-order valence-electron chi connectivity index (χ4n) is 4.15. The van der Waals surface area contributed by atoms with Gasteiger partial charge in [0.2, 0.25) is 0 Å². The molecule has 172 valence electrons. The number of nitrogens with zero attached hydrogens (tertiary/aromatic N) is 2. The molecule has 0 bridgehead atoms. The number of carbonyl (C=O) groups excluding carboxylic acids is 2. The molecule has 1 amide bonds. The van der Waals surface area contributed by atoms with Crippen molar-refractivity contribution in [2.45, 2.75) is 26.3 Å². The number of anilines is 1. The molecule has 33 heavy (non-hydrogen) atoms. The molecule has 0 fully saturated rings. The van der Waals surface area contributed by atoms with Gasteiger partial charge in [0.05, 0.1) is 23.9 Å². The average molecular weight is 468 g/mol. The molecule has 4 rings (SSSR count). The van der Waals surface area contributed by atoms with Crippen molar-refractivity contribution >= 4 is 40.1 Å². The van der Waals surface area contributed by atoms with Gasteiger partial charge in [-0.3, -0.25) is 14.7 Å². The Balaban J connectivity index is 1.56. The van der Waals surface area contributed by atoms with Gasteiger partial charge in [-0.1, -0.05) is 36.7 Å². The van der Waals surface area contributed by atoms with Crippen molar-refractivity contribution in [2.24, 2.45) is 0 Å². The van der Waals surface area contributed by atoms with E-state index in [9.17, 15) is 9.59 Å². The summed E-state index contributed by atoms with van der Waals surface area (Å²) in [5.74, 6) is -0.551. The number of ether oxygens (including phenoxy) is 2. The van der Waals surface area contributed by atoms with Crippen LogP contribution in [-0.2, 0) is 22.5 Å². The van der Waals surface area contributed by atoms with Crippen LogP contribution in [0.5, 0.6) is 5.75 Å². The van der Waals surface area contributed by atoms with Gasteiger partial charge in [-0.15, -0.1) is 0 Å². The third-order valence-corrected chi connectivity index (χ3v) is 5.87. The molecule has 8 heteroatoms. The number of benzene rings is 2. The zero-order valence-corrected chi connectivity index (χ0v) is 19.4. The second-order valence-corrected chi connectivity index (χ2v) is 8.36. The zero-order chi connectivity index (χ0) is 23.4. The molecule has 1 N–H and O–H groups in total. The first-order valence-corrected chi connectivity index (χ1v) is 11.3. The number of rotatable bonds is 7. The van der Waals surface area contributed by atoms with Crippen molar-refractivity contribution in [3.63, 3.8) is 0 Å². The summed E-state index contributed by atoms with van der Waals surface area (Å²) in [6.45, 7) is 4.20. The Bertz CT molecular complexity index is 1200. The van der Waals surface area contributed by atoms with E-state index in [4.69, 9.17) is 26.1 Å². The molecule has 0 aliphatic carbocycles. The molecule has 0 radical (unpaired) electrons. The number of aromatic nitrogens is 1. The van der Waals surface area contributed by atoms with Gasteiger partial charge in [0, 0.05) is 41.2 Å². The van der Waals surface area contributed by atoms with Crippen LogP contribution in [0.3, 0.4) is 0 Å². The highest BCUT2D eigenvalue weighted by Gasteiger charge is 2.26. The van der Waals surface area contributed by atoms with E-state index in [2.05, 4.69) is 17.1 Å². The van der Waals surface area contributed by atoms with Crippen LogP contribution in [0.2, 0.25) is 5.02 Å². The first-order chi connectivity index (χ1) is 16.0. The highest BCUT2D eigenvalue weighted by molar-refractivity contribution is 6.31. The van der Waals surface area contributed by atoms with Crippen molar-refractivity contribution < 1.29 is 19.1 Å². The SMILES string of the molecule is CCCN1CCc2nc3ccccc3c(C(=O)OCC(=O)Nc3cc(Cl)ccc3OC)c2C1. The maximum Gasteiger partial charge on any atom is 0.339 e. The van der Waals surface area contributed by atoms with E-state index >= 15 is 0 Å². The maximum absolute atomic E-state index is 13.2. The minimum Gasteiger partial charge on any atom is -0.495 e. The van der Waals surface area contributed by atoms with E-state index in [0.717, 1.165) is 48.1 Å². The molecule has 2 heterocycles. The first-order valence-electron chi connectivity index (χ1n) is 10.9. The van der Waals surface area contributed by atoms with Crippen molar-refractivity contribution in [2.75, 3.05) is 32.1 Å². The third kappa shape index (κ3) is 5.10. The predicted molar refractivity (Wildman–Crippen MR) is 128 cm³/mol. The monoisotopic (exact) mass is 467 g/mol. The van der Waals surface area contributed by atoms with Crippen LogP contribution in [0, 0.1) is 0 Å². The van der Waals surface area contributed by atoms with Crippen LogP contribution in [0.15, 0.2) is 42.5 Å². The van der Waals surface area contributed by atoms with Gasteiger partial charge in [-0.25, -0.2) is 4.79 Å². The lowest BCUT2D eigenvalue weighted by atomic mass is 9.95. The molecule has 3 aromatic rings. The summed E-state index contributed by atoms with van der Waals surface area (Å²) in [7, 11) is 1.50. The molecule has 0 saturated heterocycles. The summed E-state index contributed by atoms with van der Waals surface area (Å²) in [6.07, 6.45) is 1.80. The Morgan fingerprint density at radius 1 is 1.21 bits per heavy atom. The molecular weight excluding hydrogens is 442 g/mol. The number of hydrogen-bond donors (Lipinski definition) is 1. The first kappa shape index (κ1) is 23.0. The fourth-order valence-corrected chi connectivity index (χ4v) is 4.33. The summed E-state index contributed by atoms with van der Waals surface area (Å²) >= 11 is 6.02. The topological polar surface area (TPSA) is 80.8 Å². The van der Waals surface area contributed by atoms with Gasteiger partial charge in [-0.05, 0) is 37.2 Å². The molecular formula is C25H26ClN3O4. The average Bonchev–Trinajstić information content (AvgIpc) is 2.81. The summed E-state index contributed by atoms with van der Waals surface area (Å²) in [5, 5.41) is 3.87. The van der Waals surface area contributed by atoms with E-state index in [-0.39, 0.29) is 0 Å². The molecule has 0 unspecified atom stereocenters. The minimum atomic E-state index is -0.531. The third-order valence-electron chi connectivity index (χ3n) is 5.64. The van der Waals surface area contributed by atoms with Crippen molar-refractivity contribution in [3.05, 3.63) is 64.3 Å². The number of halogens is 1. The van der Waals surface area contributed by atoms with Gasteiger partial charge < -0.3 is 14.8 Å². The maximum atomic E-state index is 13.2. The van der Waals surface area contributed by atoms with E-state index in [1.54, 1.807) is 18.2 Å². The highest BCUT2D eigenvalue weighted by Crippen LogP contribution is 2.30. The summed E-state index contributed by atoms with van der Waals surface area (Å²) in [5.41, 5.74) is 3.45. The number of fused-ring (bicyclic) bond motifs is 2. The van der Waals surface area contributed by atoms with Gasteiger partial charge in [-0.2, -0.15) is 0 Å². The number of nitrogens with one attached hydrogen (secondary N) is 1. The van der Waals surface area contributed by atoms with E-state index < -0.39 is 18.5 Å². The number of amides is 1. The normalized spacial score (nSPS) is 13.4. The second kappa shape index (κ2) is 10.2. The van der Waals surface area contributed by atoms with E-state index in [1.807, 2.05) is 24.3 Å². The number of esters is 1. The van der Waals surface area contributed by atoms with Crippen LogP contribution in [0.25, 0.3) is 10.9 Å². The van der Waals surface area contributed by atoms with Gasteiger partial charge in [0.1, 0.15) is 5.75 Å². The number of pyridine rings is 1. The standard InChI is InChI=1S/C25H26ClN3O4/c1-3-11-29-12-10-20-18(14-29)24(17-6-4-5-7-19(17)27-20)25(31)33-15-23(30)28-21-13-16(26)8-9-22(21)32-2/h4-9,13H,3,10-12,14-15H2,1-2H3,(H,28,30). The van der Waals surface area contributed by atoms with Crippen molar-refractivity contribution in [1.29, 1.82) is 0 Å².